The predicted octanol–water partition coefficient (Wildman–Crippen LogP) is 3.19. The first-order chi connectivity index (χ1) is 7.68. The third-order valence-electron chi connectivity index (χ3n) is 2.30. The molecule has 0 aliphatic rings. The van der Waals surface area contributed by atoms with Gasteiger partial charge in [0, 0.05) is 5.56 Å². The van der Waals surface area contributed by atoms with E-state index in [1.165, 1.54) is 12.1 Å². The SMILES string of the molecule is O=C(O)c1ccc(-c2ccccc2)c(F)c1. The van der Waals surface area contributed by atoms with Crippen molar-refractivity contribution in [3.8, 4) is 11.1 Å². The first kappa shape index (κ1) is 10.4. The van der Waals surface area contributed by atoms with Crippen LogP contribution in [0, 0.1) is 5.82 Å². The summed E-state index contributed by atoms with van der Waals surface area (Å²) in [5.74, 6) is -1.65. The molecule has 2 rings (SSSR count). The Bertz CT molecular complexity index is 521. The molecule has 0 radical (unpaired) electrons. The van der Waals surface area contributed by atoms with Crippen molar-refractivity contribution in [3.63, 3.8) is 0 Å². The summed E-state index contributed by atoms with van der Waals surface area (Å²) in [6.07, 6.45) is 0. The molecular formula is C13H9FO2. The van der Waals surface area contributed by atoms with Crippen LogP contribution in [0.25, 0.3) is 11.1 Å². The summed E-state index contributed by atoms with van der Waals surface area (Å²) in [5, 5.41) is 8.70. The van der Waals surface area contributed by atoms with Gasteiger partial charge in [-0.1, -0.05) is 36.4 Å². The lowest BCUT2D eigenvalue weighted by Gasteiger charge is -2.03. The van der Waals surface area contributed by atoms with Gasteiger partial charge in [0.05, 0.1) is 5.56 Å². The minimum absolute atomic E-state index is 0.0443. The molecular weight excluding hydrogens is 207 g/mol. The van der Waals surface area contributed by atoms with E-state index in [1.54, 1.807) is 24.3 Å². The Labute approximate surface area is 92.0 Å². The van der Waals surface area contributed by atoms with Gasteiger partial charge in [-0.05, 0) is 17.7 Å². The van der Waals surface area contributed by atoms with E-state index in [2.05, 4.69) is 0 Å². The van der Waals surface area contributed by atoms with Gasteiger partial charge in [-0.2, -0.15) is 0 Å². The second-order valence-electron chi connectivity index (χ2n) is 3.37. The van der Waals surface area contributed by atoms with Gasteiger partial charge in [0.2, 0.25) is 0 Å². The summed E-state index contributed by atoms with van der Waals surface area (Å²) >= 11 is 0. The average molecular weight is 216 g/mol. The zero-order valence-electron chi connectivity index (χ0n) is 8.35. The van der Waals surface area contributed by atoms with Crippen molar-refractivity contribution in [2.24, 2.45) is 0 Å². The van der Waals surface area contributed by atoms with Crippen molar-refractivity contribution in [3.05, 3.63) is 59.9 Å². The first-order valence-electron chi connectivity index (χ1n) is 4.77. The fourth-order valence-electron chi connectivity index (χ4n) is 1.50. The van der Waals surface area contributed by atoms with Crippen molar-refractivity contribution < 1.29 is 14.3 Å². The highest BCUT2D eigenvalue weighted by molar-refractivity contribution is 5.88. The Morgan fingerprint density at radius 2 is 1.75 bits per heavy atom. The standard InChI is InChI=1S/C13H9FO2/c14-12-8-10(13(15)16)6-7-11(12)9-4-2-1-3-5-9/h1-8H,(H,15,16). The highest BCUT2D eigenvalue weighted by atomic mass is 19.1. The second kappa shape index (κ2) is 4.14. The van der Waals surface area contributed by atoms with E-state index >= 15 is 0 Å². The largest absolute Gasteiger partial charge is 0.478 e. The first-order valence-corrected chi connectivity index (χ1v) is 4.77. The topological polar surface area (TPSA) is 37.3 Å². The molecule has 0 bridgehead atoms. The van der Waals surface area contributed by atoms with Crippen LogP contribution in [-0.4, -0.2) is 11.1 Å². The van der Waals surface area contributed by atoms with Crippen LogP contribution in [0.4, 0.5) is 4.39 Å². The monoisotopic (exact) mass is 216 g/mol. The van der Waals surface area contributed by atoms with E-state index in [9.17, 15) is 9.18 Å². The summed E-state index contributed by atoms with van der Waals surface area (Å²) in [6, 6.07) is 12.9. The van der Waals surface area contributed by atoms with E-state index in [0.717, 1.165) is 11.6 Å². The van der Waals surface area contributed by atoms with E-state index < -0.39 is 11.8 Å². The third-order valence-corrected chi connectivity index (χ3v) is 2.30. The maximum absolute atomic E-state index is 13.6. The molecule has 16 heavy (non-hydrogen) atoms. The van der Waals surface area contributed by atoms with Gasteiger partial charge in [-0.25, -0.2) is 9.18 Å². The molecule has 0 amide bonds. The third kappa shape index (κ3) is 1.93. The maximum atomic E-state index is 13.6. The number of hydrogen-bond acceptors (Lipinski definition) is 1. The van der Waals surface area contributed by atoms with E-state index in [0.29, 0.717) is 5.56 Å². The van der Waals surface area contributed by atoms with Gasteiger partial charge in [0.25, 0.3) is 0 Å². The molecule has 2 aromatic carbocycles. The lowest BCUT2D eigenvalue weighted by Crippen LogP contribution is -1.97. The summed E-state index contributed by atoms with van der Waals surface area (Å²) in [6.45, 7) is 0. The molecule has 0 aliphatic heterocycles. The van der Waals surface area contributed by atoms with E-state index in [-0.39, 0.29) is 5.56 Å². The number of halogens is 1. The molecule has 1 N–H and O–H groups in total. The fourth-order valence-corrected chi connectivity index (χ4v) is 1.50. The molecule has 0 unspecified atom stereocenters. The van der Waals surface area contributed by atoms with Crippen molar-refractivity contribution >= 4 is 5.97 Å². The lowest BCUT2D eigenvalue weighted by atomic mass is 10.0. The number of rotatable bonds is 2. The number of aromatic carboxylic acids is 1. The van der Waals surface area contributed by atoms with Crippen molar-refractivity contribution in [2.75, 3.05) is 0 Å². The van der Waals surface area contributed by atoms with E-state index in [1.807, 2.05) is 6.07 Å². The molecule has 0 saturated carbocycles. The Balaban J connectivity index is 2.48. The minimum atomic E-state index is -1.13. The van der Waals surface area contributed by atoms with Crippen molar-refractivity contribution in [2.45, 2.75) is 0 Å². The number of benzene rings is 2. The molecule has 3 heteroatoms. The average Bonchev–Trinajstić information content (AvgIpc) is 2.30. The smallest absolute Gasteiger partial charge is 0.335 e. The van der Waals surface area contributed by atoms with Crippen LogP contribution < -0.4 is 0 Å². The summed E-state index contributed by atoms with van der Waals surface area (Å²) in [4.78, 5) is 10.6. The Morgan fingerprint density at radius 1 is 1.06 bits per heavy atom. The maximum Gasteiger partial charge on any atom is 0.335 e. The van der Waals surface area contributed by atoms with Crippen LogP contribution in [0.15, 0.2) is 48.5 Å². The molecule has 0 aromatic heterocycles. The molecule has 0 saturated heterocycles. The zero-order valence-corrected chi connectivity index (χ0v) is 8.35. The summed E-state index contributed by atoms with van der Waals surface area (Å²) in [7, 11) is 0. The van der Waals surface area contributed by atoms with Crippen molar-refractivity contribution in [1.29, 1.82) is 0 Å². The van der Waals surface area contributed by atoms with Crippen LogP contribution in [-0.2, 0) is 0 Å². The van der Waals surface area contributed by atoms with Crippen molar-refractivity contribution in [1.82, 2.24) is 0 Å². The number of carboxylic acids is 1. The summed E-state index contributed by atoms with van der Waals surface area (Å²) in [5.41, 5.74) is 1.10. The van der Waals surface area contributed by atoms with Gasteiger partial charge in [0.15, 0.2) is 0 Å². The Hall–Kier alpha value is -2.16. The molecule has 0 aliphatic carbocycles. The fraction of sp³-hybridized carbons (Fsp3) is 0. The highest BCUT2D eigenvalue weighted by Gasteiger charge is 2.09. The Morgan fingerprint density at radius 3 is 2.31 bits per heavy atom. The zero-order chi connectivity index (χ0) is 11.5. The van der Waals surface area contributed by atoms with Gasteiger partial charge in [-0.3, -0.25) is 0 Å². The van der Waals surface area contributed by atoms with Crippen LogP contribution >= 0.6 is 0 Å². The highest BCUT2D eigenvalue weighted by Crippen LogP contribution is 2.23. The van der Waals surface area contributed by atoms with Crippen LogP contribution in [0.1, 0.15) is 10.4 Å². The van der Waals surface area contributed by atoms with Gasteiger partial charge < -0.3 is 5.11 Å². The quantitative estimate of drug-likeness (QED) is 0.837. The molecule has 0 atom stereocenters. The Kier molecular flexibility index (Phi) is 2.68. The lowest BCUT2D eigenvalue weighted by molar-refractivity contribution is 0.0696. The molecule has 2 aromatic rings. The number of carboxylic acid groups (broad SMARTS) is 1. The second-order valence-corrected chi connectivity index (χ2v) is 3.37. The van der Waals surface area contributed by atoms with Crippen LogP contribution in [0.5, 0.6) is 0 Å². The molecule has 0 fully saturated rings. The van der Waals surface area contributed by atoms with Crippen LogP contribution in [0.2, 0.25) is 0 Å². The molecule has 80 valence electrons. The number of carbonyl (C=O) groups is 1. The molecule has 2 nitrogen and oxygen atoms in total. The van der Waals surface area contributed by atoms with Gasteiger partial charge in [-0.15, -0.1) is 0 Å². The van der Waals surface area contributed by atoms with E-state index in [4.69, 9.17) is 5.11 Å². The molecule has 0 spiro atoms. The minimum Gasteiger partial charge on any atom is -0.478 e. The van der Waals surface area contributed by atoms with Gasteiger partial charge >= 0.3 is 5.97 Å². The molecule has 0 heterocycles. The normalized spacial score (nSPS) is 10.1. The predicted molar refractivity (Wildman–Crippen MR) is 58.8 cm³/mol. The van der Waals surface area contributed by atoms with Crippen LogP contribution in [0.3, 0.4) is 0 Å². The van der Waals surface area contributed by atoms with Gasteiger partial charge in [0.1, 0.15) is 5.82 Å². The summed E-state index contributed by atoms with van der Waals surface area (Å²) < 4.78 is 13.6. The number of hydrogen-bond donors (Lipinski definition) is 1.